The van der Waals surface area contributed by atoms with Crippen LogP contribution in [0.25, 0.3) is 0 Å². The maximum atomic E-state index is 12.8. The van der Waals surface area contributed by atoms with E-state index in [0.29, 0.717) is 19.3 Å². The summed E-state index contributed by atoms with van der Waals surface area (Å²) in [7, 11) is 0. The van der Waals surface area contributed by atoms with Crippen LogP contribution in [0.1, 0.15) is 278 Å². The predicted octanol–water partition coefficient (Wildman–Crippen LogP) is 16.2. The molecule has 1 atom stereocenters. The molecule has 0 N–H and O–H groups in total. The standard InChI is InChI=1S/C51H96O6/c1-4-7-10-13-16-19-22-24-26-29-32-35-38-41-44-50(53)56-47-48(46-55-49(52)43-40-37-34-31-28-21-18-15-12-9-6-3)57-51(54)45-42-39-36-33-30-27-25-23-20-17-14-11-8-5-2/h15,18,48H,4-14,16-17,19-47H2,1-3H3/b18-15-. The Labute approximate surface area is 354 Å². The van der Waals surface area contributed by atoms with Gasteiger partial charge in [-0.1, -0.05) is 232 Å². The second kappa shape index (κ2) is 46.8. The molecule has 6 nitrogen and oxygen atoms in total. The second-order valence-electron chi connectivity index (χ2n) is 17.1. The molecule has 0 bridgehead atoms. The van der Waals surface area contributed by atoms with Crippen LogP contribution in [-0.2, 0) is 28.6 Å². The van der Waals surface area contributed by atoms with Gasteiger partial charge < -0.3 is 14.2 Å². The van der Waals surface area contributed by atoms with Crippen LogP contribution in [0, 0.1) is 0 Å². The van der Waals surface area contributed by atoms with E-state index < -0.39 is 6.10 Å². The van der Waals surface area contributed by atoms with E-state index in [-0.39, 0.29) is 31.1 Å². The van der Waals surface area contributed by atoms with Crippen molar-refractivity contribution in [2.24, 2.45) is 0 Å². The van der Waals surface area contributed by atoms with Crippen molar-refractivity contribution >= 4 is 17.9 Å². The molecule has 0 aliphatic heterocycles. The molecule has 0 saturated heterocycles. The number of unbranched alkanes of at least 4 members (excludes halogenated alkanes) is 33. The van der Waals surface area contributed by atoms with Crippen molar-refractivity contribution in [2.75, 3.05) is 13.2 Å². The Morgan fingerprint density at radius 1 is 0.333 bits per heavy atom. The highest BCUT2D eigenvalue weighted by Gasteiger charge is 2.19. The zero-order chi connectivity index (χ0) is 41.5. The van der Waals surface area contributed by atoms with Crippen LogP contribution in [0.2, 0.25) is 0 Å². The molecule has 0 heterocycles. The average molecular weight is 805 g/mol. The summed E-state index contributed by atoms with van der Waals surface area (Å²) in [5.41, 5.74) is 0. The van der Waals surface area contributed by atoms with Crippen molar-refractivity contribution < 1.29 is 28.6 Å². The minimum absolute atomic E-state index is 0.0674. The molecule has 6 heteroatoms. The molecule has 0 aromatic carbocycles. The van der Waals surface area contributed by atoms with Gasteiger partial charge >= 0.3 is 17.9 Å². The second-order valence-corrected chi connectivity index (χ2v) is 17.1. The number of carbonyl (C=O) groups excluding carboxylic acids is 3. The van der Waals surface area contributed by atoms with Crippen molar-refractivity contribution in [3.8, 4) is 0 Å². The molecule has 0 saturated carbocycles. The summed E-state index contributed by atoms with van der Waals surface area (Å²) in [6.45, 7) is 6.62. The van der Waals surface area contributed by atoms with Crippen LogP contribution in [0.4, 0.5) is 0 Å². The third kappa shape index (κ3) is 45.1. The van der Waals surface area contributed by atoms with Crippen molar-refractivity contribution in [2.45, 2.75) is 284 Å². The SMILES string of the molecule is CCCC/C=C\CCCCCCCC(=O)OCC(COC(=O)CCCCCCCCCCCCCCCC)OC(=O)CCCCCCCCCCCCCCCC. The number of ether oxygens (including phenoxy) is 3. The summed E-state index contributed by atoms with van der Waals surface area (Å²) in [5, 5.41) is 0. The van der Waals surface area contributed by atoms with Crippen molar-refractivity contribution in [1.82, 2.24) is 0 Å². The van der Waals surface area contributed by atoms with Gasteiger partial charge in [-0.05, 0) is 38.5 Å². The number of esters is 3. The minimum Gasteiger partial charge on any atom is -0.462 e. The van der Waals surface area contributed by atoms with Gasteiger partial charge in [-0.3, -0.25) is 14.4 Å². The Morgan fingerprint density at radius 2 is 0.596 bits per heavy atom. The third-order valence-corrected chi connectivity index (χ3v) is 11.3. The smallest absolute Gasteiger partial charge is 0.306 e. The van der Waals surface area contributed by atoms with Crippen molar-refractivity contribution in [3.63, 3.8) is 0 Å². The fourth-order valence-electron chi connectivity index (χ4n) is 7.42. The van der Waals surface area contributed by atoms with E-state index in [9.17, 15) is 14.4 Å². The molecule has 0 spiro atoms. The van der Waals surface area contributed by atoms with E-state index in [4.69, 9.17) is 14.2 Å². The summed E-state index contributed by atoms with van der Waals surface area (Å²) in [5.74, 6) is -0.862. The number of rotatable bonds is 46. The number of hydrogen-bond acceptors (Lipinski definition) is 6. The molecule has 0 aromatic heterocycles. The maximum Gasteiger partial charge on any atom is 0.306 e. The maximum absolute atomic E-state index is 12.8. The van der Waals surface area contributed by atoms with Gasteiger partial charge in [0.05, 0.1) is 0 Å². The summed E-state index contributed by atoms with van der Waals surface area (Å²) in [6, 6.07) is 0. The number of carbonyl (C=O) groups is 3. The molecule has 57 heavy (non-hydrogen) atoms. The lowest BCUT2D eigenvalue weighted by molar-refractivity contribution is -0.167. The Hall–Kier alpha value is -1.85. The molecule has 0 fully saturated rings. The fraction of sp³-hybridized carbons (Fsp3) is 0.902. The van der Waals surface area contributed by atoms with Gasteiger partial charge in [-0.2, -0.15) is 0 Å². The molecule has 0 aliphatic rings. The van der Waals surface area contributed by atoms with Crippen LogP contribution >= 0.6 is 0 Å². The lowest BCUT2D eigenvalue weighted by Crippen LogP contribution is -2.30. The lowest BCUT2D eigenvalue weighted by atomic mass is 10.0. The predicted molar refractivity (Wildman–Crippen MR) is 243 cm³/mol. The Balaban J connectivity index is 4.32. The first-order valence-corrected chi connectivity index (χ1v) is 25.2. The van der Waals surface area contributed by atoms with Crippen LogP contribution in [0.5, 0.6) is 0 Å². The molecule has 1 unspecified atom stereocenters. The fourth-order valence-corrected chi connectivity index (χ4v) is 7.42. The Kier molecular flexibility index (Phi) is 45.3. The zero-order valence-electron chi connectivity index (χ0n) is 38.4. The van der Waals surface area contributed by atoms with Crippen LogP contribution in [-0.4, -0.2) is 37.2 Å². The lowest BCUT2D eigenvalue weighted by Gasteiger charge is -2.18. The first kappa shape index (κ1) is 55.2. The van der Waals surface area contributed by atoms with Gasteiger partial charge in [0.1, 0.15) is 13.2 Å². The average Bonchev–Trinajstić information content (AvgIpc) is 3.21. The molecular weight excluding hydrogens is 709 g/mol. The van der Waals surface area contributed by atoms with Crippen molar-refractivity contribution in [1.29, 1.82) is 0 Å². The van der Waals surface area contributed by atoms with Gasteiger partial charge in [-0.25, -0.2) is 0 Å². The van der Waals surface area contributed by atoms with Gasteiger partial charge in [-0.15, -0.1) is 0 Å². The van der Waals surface area contributed by atoms with E-state index >= 15 is 0 Å². The van der Waals surface area contributed by atoms with Gasteiger partial charge in [0.25, 0.3) is 0 Å². The van der Waals surface area contributed by atoms with E-state index in [1.165, 1.54) is 173 Å². The third-order valence-electron chi connectivity index (χ3n) is 11.3. The highest BCUT2D eigenvalue weighted by atomic mass is 16.6. The first-order chi connectivity index (χ1) is 28.0. The van der Waals surface area contributed by atoms with Crippen molar-refractivity contribution in [3.05, 3.63) is 12.2 Å². The number of hydrogen-bond donors (Lipinski definition) is 0. The van der Waals surface area contributed by atoms with E-state index in [1.54, 1.807) is 0 Å². The molecule has 0 aliphatic carbocycles. The molecule has 0 aromatic rings. The highest BCUT2D eigenvalue weighted by Crippen LogP contribution is 2.16. The monoisotopic (exact) mass is 805 g/mol. The highest BCUT2D eigenvalue weighted by molar-refractivity contribution is 5.71. The van der Waals surface area contributed by atoms with Gasteiger partial charge in [0.15, 0.2) is 6.10 Å². The normalized spacial score (nSPS) is 12.0. The van der Waals surface area contributed by atoms with Crippen LogP contribution < -0.4 is 0 Å². The Morgan fingerprint density at radius 3 is 0.930 bits per heavy atom. The van der Waals surface area contributed by atoms with Gasteiger partial charge in [0, 0.05) is 19.3 Å². The van der Waals surface area contributed by atoms with E-state index in [0.717, 1.165) is 64.2 Å². The topological polar surface area (TPSA) is 78.9 Å². The summed E-state index contributed by atoms with van der Waals surface area (Å²) >= 11 is 0. The molecule has 0 radical (unpaired) electrons. The van der Waals surface area contributed by atoms with Gasteiger partial charge in [0.2, 0.25) is 0 Å². The molecule has 0 amide bonds. The number of allylic oxidation sites excluding steroid dienone is 2. The summed E-state index contributed by atoms with van der Waals surface area (Å²) < 4.78 is 16.8. The van der Waals surface area contributed by atoms with E-state index in [1.807, 2.05) is 0 Å². The van der Waals surface area contributed by atoms with E-state index in [2.05, 4.69) is 32.9 Å². The molecular formula is C51H96O6. The minimum atomic E-state index is -0.765. The largest absolute Gasteiger partial charge is 0.462 e. The zero-order valence-corrected chi connectivity index (χ0v) is 38.4. The first-order valence-electron chi connectivity index (χ1n) is 25.2. The summed E-state index contributed by atoms with van der Waals surface area (Å²) in [6.07, 6.45) is 50.5. The quantitative estimate of drug-likeness (QED) is 0.0264. The molecule has 336 valence electrons. The van der Waals surface area contributed by atoms with Crippen LogP contribution in [0.3, 0.4) is 0 Å². The Bertz CT molecular complexity index is 885. The summed E-state index contributed by atoms with van der Waals surface area (Å²) in [4.78, 5) is 37.9. The van der Waals surface area contributed by atoms with Crippen LogP contribution in [0.15, 0.2) is 12.2 Å². The molecule has 0 rings (SSSR count).